The Labute approximate surface area is 212 Å². The molecule has 3 aromatic rings. The Morgan fingerprint density at radius 3 is 2.50 bits per heavy atom. The Morgan fingerprint density at radius 1 is 1.11 bits per heavy atom. The summed E-state index contributed by atoms with van der Waals surface area (Å²) in [5.41, 5.74) is 1.60. The van der Waals surface area contributed by atoms with Gasteiger partial charge in [0.1, 0.15) is 34.3 Å². The molecule has 0 radical (unpaired) electrons. The number of ether oxygens (including phenoxy) is 1. The summed E-state index contributed by atoms with van der Waals surface area (Å²) in [6.45, 7) is 1.74. The zero-order chi connectivity index (χ0) is 25.5. The van der Waals surface area contributed by atoms with Gasteiger partial charge in [-0.25, -0.2) is 13.8 Å². The molecule has 1 aliphatic rings. The Hall–Kier alpha value is -3.56. The van der Waals surface area contributed by atoms with Crippen LogP contribution in [0, 0.1) is 11.6 Å². The predicted molar refractivity (Wildman–Crippen MR) is 137 cm³/mol. The summed E-state index contributed by atoms with van der Waals surface area (Å²) >= 11 is 1.17. The lowest BCUT2D eigenvalue weighted by Crippen LogP contribution is -2.46. The number of benzene rings is 3. The average molecular weight is 510 g/mol. The maximum atomic E-state index is 14.7. The van der Waals surface area contributed by atoms with Gasteiger partial charge in [-0.3, -0.25) is 4.79 Å². The van der Waals surface area contributed by atoms with Crippen LogP contribution in [0.4, 0.5) is 8.78 Å². The van der Waals surface area contributed by atoms with Crippen molar-refractivity contribution in [3.8, 4) is 0 Å². The molecule has 186 valence electrons. The molecule has 0 aliphatic carbocycles. The molecule has 1 amide bonds. The second-order valence-corrected chi connectivity index (χ2v) is 9.30. The summed E-state index contributed by atoms with van der Waals surface area (Å²) in [6, 6.07) is 21.9. The van der Waals surface area contributed by atoms with E-state index in [2.05, 4.69) is 10.3 Å². The summed E-state index contributed by atoms with van der Waals surface area (Å²) in [5, 5.41) is 10.0. The highest BCUT2D eigenvalue weighted by Gasteiger charge is 2.50. The van der Waals surface area contributed by atoms with Gasteiger partial charge < -0.3 is 9.57 Å². The first-order valence-electron chi connectivity index (χ1n) is 11.3. The molecule has 0 saturated heterocycles. The monoisotopic (exact) mass is 509 g/mol. The van der Waals surface area contributed by atoms with Crippen LogP contribution in [0.2, 0.25) is 0 Å². The van der Waals surface area contributed by atoms with Gasteiger partial charge in [-0.2, -0.15) is 5.10 Å². The number of hydrazone groups is 1. The largest absolute Gasteiger partial charge is 0.396 e. The lowest BCUT2D eigenvalue weighted by molar-refractivity contribution is -0.145. The van der Waals surface area contributed by atoms with Crippen LogP contribution in [0.5, 0.6) is 0 Å². The van der Waals surface area contributed by atoms with Crippen LogP contribution in [0.25, 0.3) is 0 Å². The third kappa shape index (κ3) is 5.47. The molecule has 3 aromatic carbocycles. The fourth-order valence-electron chi connectivity index (χ4n) is 3.72. The van der Waals surface area contributed by atoms with E-state index >= 15 is 0 Å². The van der Waals surface area contributed by atoms with Gasteiger partial charge in [-0.05, 0) is 36.2 Å². The number of amides is 1. The van der Waals surface area contributed by atoms with E-state index in [9.17, 15) is 13.6 Å². The molecular weight excluding hydrogens is 484 g/mol. The van der Waals surface area contributed by atoms with E-state index < -0.39 is 28.5 Å². The first kappa shape index (κ1) is 25.5. The first-order valence-corrected chi connectivity index (χ1v) is 12.1. The number of nitrogens with zero attached hydrogens (tertiary/aromatic N) is 3. The van der Waals surface area contributed by atoms with Crippen molar-refractivity contribution in [2.45, 2.75) is 24.3 Å². The van der Waals surface area contributed by atoms with Gasteiger partial charge in [-0.1, -0.05) is 77.6 Å². The third-order valence-electron chi connectivity index (χ3n) is 5.70. The van der Waals surface area contributed by atoms with Crippen LogP contribution in [-0.4, -0.2) is 42.0 Å². The maximum absolute atomic E-state index is 14.7. The van der Waals surface area contributed by atoms with Crippen LogP contribution >= 0.6 is 11.8 Å². The fourth-order valence-corrected chi connectivity index (χ4v) is 5.09. The molecule has 0 bridgehead atoms. The Balaban J connectivity index is 1.69. The molecule has 1 unspecified atom stereocenters. The highest BCUT2D eigenvalue weighted by Crippen LogP contribution is 2.50. The molecule has 2 atom stereocenters. The van der Waals surface area contributed by atoms with E-state index in [1.807, 2.05) is 60.7 Å². The smallest absolute Gasteiger partial charge is 0.273 e. The molecule has 6 nitrogen and oxygen atoms in total. The van der Waals surface area contributed by atoms with Gasteiger partial charge in [0.25, 0.3) is 5.91 Å². The Bertz CT molecular complexity index is 1260. The average Bonchev–Trinajstić information content (AvgIpc) is 3.30. The molecule has 0 N–H and O–H groups in total. The van der Waals surface area contributed by atoms with Crippen LogP contribution in [0.1, 0.15) is 30.0 Å². The SMILES string of the molecule is CO[C@@H](C)C(=O)N1N=C(c2cc(F)ccc2F)SC1(CCON=Cc1ccccc1)c1ccccc1. The highest BCUT2D eigenvalue weighted by atomic mass is 32.2. The molecule has 1 heterocycles. The van der Waals surface area contributed by atoms with Crippen LogP contribution in [0.15, 0.2) is 89.1 Å². The standard InChI is InChI=1S/C27H25F2N3O3S/c1-19(34-2)26(33)32-27(21-11-7-4-8-12-21,15-16-35-30-18-20-9-5-3-6-10-20)36-25(31-32)23-17-22(28)13-14-24(23)29/h3-14,17-19H,15-16H2,1-2H3/t19-,27?/m0/s1. The van der Waals surface area contributed by atoms with Gasteiger partial charge >= 0.3 is 0 Å². The third-order valence-corrected chi connectivity index (χ3v) is 7.15. The summed E-state index contributed by atoms with van der Waals surface area (Å²) < 4.78 is 34.0. The lowest BCUT2D eigenvalue weighted by Gasteiger charge is -2.36. The highest BCUT2D eigenvalue weighted by molar-refractivity contribution is 8.15. The van der Waals surface area contributed by atoms with E-state index in [1.165, 1.54) is 23.9 Å². The van der Waals surface area contributed by atoms with E-state index in [1.54, 1.807) is 13.1 Å². The zero-order valence-electron chi connectivity index (χ0n) is 19.8. The number of carbonyl (C=O) groups excluding carboxylic acids is 1. The summed E-state index contributed by atoms with van der Waals surface area (Å²) in [5.74, 6) is -1.66. The van der Waals surface area contributed by atoms with E-state index in [0.29, 0.717) is 0 Å². The number of methoxy groups -OCH3 is 1. The number of hydrogen-bond donors (Lipinski definition) is 0. The molecule has 1 aliphatic heterocycles. The Kier molecular flexibility index (Phi) is 8.12. The molecule has 36 heavy (non-hydrogen) atoms. The molecule has 4 rings (SSSR count). The van der Waals surface area contributed by atoms with Gasteiger partial charge in [0, 0.05) is 19.1 Å². The van der Waals surface area contributed by atoms with Gasteiger partial charge in [0.05, 0.1) is 6.21 Å². The van der Waals surface area contributed by atoms with E-state index in [0.717, 1.165) is 29.3 Å². The van der Waals surface area contributed by atoms with Crippen molar-refractivity contribution >= 4 is 28.9 Å². The van der Waals surface area contributed by atoms with Crippen molar-refractivity contribution < 1.29 is 23.1 Å². The molecular formula is C27H25F2N3O3S. The minimum Gasteiger partial charge on any atom is -0.396 e. The molecule has 0 aromatic heterocycles. The second-order valence-electron chi connectivity index (χ2n) is 8.04. The number of halogens is 2. The van der Waals surface area contributed by atoms with Crippen molar-refractivity contribution in [2.24, 2.45) is 10.3 Å². The zero-order valence-corrected chi connectivity index (χ0v) is 20.6. The van der Waals surface area contributed by atoms with Crippen molar-refractivity contribution in [3.63, 3.8) is 0 Å². The minimum atomic E-state index is -1.10. The normalized spacial score (nSPS) is 18.3. The van der Waals surface area contributed by atoms with Crippen molar-refractivity contribution in [2.75, 3.05) is 13.7 Å². The Morgan fingerprint density at radius 2 is 1.81 bits per heavy atom. The lowest BCUT2D eigenvalue weighted by atomic mass is 10.0. The van der Waals surface area contributed by atoms with Gasteiger partial charge in [0.2, 0.25) is 0 Å². The van der Waals surface area contributed by atoms with Crippen molar-refractivity contribution in [1.82, 2.24) is 5.01 Å². The molecule has 0 spiro atoms. The van der Waals surface area contributed by atoms with E-state index in [-0.39, 0.29) is 23.6 Å². The summed E-state index contributed by atoms with van der Waals surface area (Å²) in [7, 11) is 1.42. The summed E-state index contributed by atoms with van der Waals surface area (Å²) in [4.78, 5) is 17.9. The number of carbonyl (C=O) groups is 1. The van der Waals surface area contributed by atoms with Crippen LogP contribution < -0.4 is 0 Å². The minimum absolute atomic E-state index is 0.0244. The number of hydrogen-bond acceptors (Lipinski definition) is 6. The second kappa shape index (κ2) is 11.5. The van der Waals surface area contributed by atoms with Crippen molar-refractivity contribution in [1.29, 1.82) is 0 Å². The quantitative estimate of drug-likeness (QED) is 0.216. The topological polar surface area (TPSA) is 63.5 Å². The van der Waals surface area contributed by atoms with Gasteiger partial charge in [-0.15, -0.1) is 0 Å². The maximum Gasteiger partial charge on any atom is 0.273 e. The number of rotatable bonds is 9. The number of thioether (sulfide) groups is 1. The molecule has 0 saturated carbocycles. The summed E-state index contributed by atoms with van der Waals surface area (Å²) in [6.07, 6.45) is 1.04. The van der Waals surface area contributed by atoms with Crippen LogP contribution in [-0.2, 0) is 19.2 Å². The molecule has 9 heteroatoms. The van der Waals surface area contributed by atoms with Crippen LogP contribution in [0.3, 0.4) is 0 Å². The predicted octanol–water partition coefficient (Wildman–Crippen LogP) is 5.53. The number of oxime groups is 1. The molecule has 0 fully saturated rings. The van der Waals surface area contributed by atoms with Crippen molar-refractivity contribution in [3.05, 3.63) is 107 Å². The fraction of sp³-hybridized carbons (Fsp3) is 0.222. The van der Waals surface area contributed by atoms with E-state index in [4.69, 9.17) is 9.57 Å². The first-order chi connectivity index (χ1) is 17.4. The van der Waals surface area contributed by atoms with Gasteiger partial charge in [0.15, 0.2) is 0 Å².